The molecule has 0 aliphatic rings. The summed E-state index contributed by atoms with van der Waals surface area (Å²) in [4.78, 5) is 4.60. The molecule has 1 heterocycles. The minimum atomic E-state index is 0.603. The minimum Gasteiger partial charge on any atom is -0.397 e. The molecule has 0 bridgehead atoms. The van der Waals surface area contributed by atoms with Gasteiger partial charge in [0.1, 0.15) is 0 Å². The molecule has 46 heavy (non-hydrogen) atoms. The van der Waals surface area contributed by atoms with E-state index in [4.69, 9.17) is 34.4 Å². The molecule has 4 aromatic carbocycles. The summed E-state index contributed by atoms with van der Waals surface area (Å²) >= 11 is 0. The Balaban J connectivity index is 1.55. The molecule has 0 aliphatic heterocycles. The Kier molecular flexibility index (Phi) is 11.8. The maximum Gasteiger partial charge on any atom is 0.0731 e. The van der Waals surface area contributed by atoms with Crippen molar-refractivity contribution < 1.29 is 0 Å². The van der Waals surface area contributed by atoms with Crippen molar-refractivity contribution in [3.05, 3.63) is 90.0 Å². The second-order valence-corrected chi connectivity index (χ2v) is 12.1. The van der Waals surface area contributed by atoms with Gasteiger partial charge in [-0.3, -0.25) is 9.80 Å². The molecule has 0 atom stereocenters. The summed E-state index contributed by atoms with van der Waals surface area (Å²) < 4.78 is 2.36. The largest absolute Gasteiger partial charge is 0.397 e. The normalized spacial score (nSPS) is 11.9. The van der Waals surface area contributed by atoms with Crippen LogP contribution in [0, 0.1) is 0 Å². The molecule has 9 nitrogen and oxygen atoms in total. The number of aromatic nitrogens is 1. The molecule has 0 amide bonds. The van der Waals surface area contributed by atoms with Crippen LogP contribution in [-0.2, 0) is 19.6 Å². The monoisotopic (exact) mass is 621 g/mol. The van der Waals surface area contributed by atoms with Gasteiger partial charge >= 0.3 is 0 Å². The van der Waals surface area contributed by atoms with Crippen LogP contribution in [0.5, 0.6) is 0 Å². The highest BCUT2D eigenvalue weighted by Crippen LogP contribution is 2.40. The molecule has 9 heteroatoms. The predicted molar refractivity (Wildman–Crippen MR) is 195 cm³/mol. The van der Waals surface area contributed by atoms with Crippen molar-refractivity contribution in [3.63, 3.8) is 0 Å². The third kappa shape index (κ3) is 7.59. The first kappa shape index (κ1) is 33.6. The Labute approximate surface area is 273 Å². The fourth-order valence-electron chi connectivity index (χ4n) is 6.61. The molecular weight excluding hydrogens is 570 g/mol. The first-order chi connectivity index (χ1) is 22.5. The maximum absolute atomic E-state index is 7.08. The van der Waals surface area contributed by atoms with Gasteiger partial charge in [0.15, 0.2) is 0 Å². The predicted octanol–water partition coefficient (Wildman–Crippen LogP) is 3.50. The fourth-order valence-corrected chi connectivity index (χ4v) is 6.61. The van der Waals surface area contributed by atoms with Crippen LogP contribution in [0.15, 0.2) is 78.9 Å². The highest BCUT2D eigenvalue weighted by Gasteiger charge is 2.18. The van der Waals surface area contributed by atoms with E-state index in [0.717, 1.165) is 85.5 Å². The number of rotatable bonds is 17. The van der Waals surface area contributed by atoms with E-state index in [9.17, 15) is 0 Å². The van der Waals surface area contributed by atoms with Gasteiger partial charge in [-0.15, -0.1) is 0 Å². The molecule has 0 saturated carbocycles. The van der Waals surface area contributed by atoms with E-state index in [1.165, 1.54) is 27.6 Å². The topological polar surface area (TPSA) is 168 Å². The van der Waals surface area contributed by atoms with Gasteiger partial charge in [0.05, 0.1) is 11.2 Å². The van der Waals surface area contributed by atoms with Crippen LogP contribution in [0.25, 0.3) is 44.1 Å². The zero-order chi connectivity index (χ0) is 32.5. The summed E-state index contributed by atoms with van der Waals surface area (Å²) in [6, 6.07) is 28.5. The molecule has 12 N–H and O–H groups in total. The SMILES string of the molecule is NCCCn1c2cc(-c3cccc(CN(CCN)CCN)c3)ccc2c2ccc(-c3cccc(CN(CCN)CCN)c3)c(N)c21. The lowest BCUT2D eigenvalue weighted by atomic mass is 9.98. The summed E-state index contributed by atoms with van der Waals surface area (Å²) in [5.41, 5.74) is 46.5. The number of hydrogen-bond donors (Lipinski definition) is 6. The van der Waals surface area contributed by atoms with E-state index < -0.39 is 0 Å². The molecule has 0 saturated heterocycles. The van der Waals surface area contributed by atoms with Gasteiger partial charge in [-0.05, 0) is 59.0 Å². The number of benzene rings is 4. The molecule has 0 unspecified atom stereocenters. The number of fused-ring (bicyclic) bond motifs is 3. The van der Waals surface area contributed by atoms with Gasteiger partial charge in [-0.2, -0.15) is 0 Å². The van der Waals surface area contributed by atoms with Crippen molar-refractivity contribution in [3.8, 4) is 22.3 Å². The number of anilines is 1. The molecular formula is C37H51N9. The van der Waals surface area contributed by atoms with Gasteiger partial charge < -0.3 is 39.0 Å². The average molecular weight is 622 g/mol. The highest BCUT2D eigenvalue weighted by molar-refractivity contribution is 6.14. The second kappa shape index (κ2) is 16.2. The quantitative estimate of drug-likeness (QED) is 0.0858. The first-order valence-electron chi connectivity index (χ1n) is 16.5. The maximum atomic E-state index is 7.08. The van der Waals surface area contributed by atoms with Crippen LogP contribution >= 0.6 is 0 Å². The second-order valence-electron chi connectivity index (χ2n) is 12.1. The Hall–Kier alpha value is -3.80. The van der Waals surface area contributed by atoms with Gasteiger partial charge in [0.25, 0.3) is 0 Å². The Bertz CT molecular complexity index is 1720. The lowest BCUT2D eigenvalue weighted by Crippen LogP contribution is -2.33. The van der Waals surface area contributed by atoms with Crippen molar-refractivity contribution in [1.82, 2.24) is 14.4 Å². The molecule has 0 aliphatic carbocycles. The smallest absolute Gasteiger partial charge is 0.0731 e. The van der Waals surface area contributed by atoms with Gasteiger partial charge in [-0.25, -0.2) is 0 Å². The van der Waals surface area contributed by atoms with Gasteiger partial charge in [0, 0.05) is 93.8 Å². The number of nitrogen functional groups attached to an aromatic ring is 1. The number of nitrogens with two attached hydrogens (primary N) is 6. The standard InChI is InChI=1S/C37H51N9/c38-12-3-17-46-35-24-30(29-6-1-4-27(22-29)25-44(18-13-39)19-14-40)8-9-33(35)34-11-10-32(36(43)37(34)46)31-7-2-5-28(23-31)26-45(20-15-41)21-16-42/h1-2,4-11,22-24H,3,12-21,25-26,38-43H2. The fraction of sp³-hybridized carbons (Fsp3) is 0.351. The van der Waals surface area contributed by atoms with Crippen molar-refractivity contribution in [2.75, 3.05) is 64.6 Å². The molecule has 0 radical (unpaired) electrons. The molecule has 5 rings (SSSR count). The molecule has 0 spiro atoms. The van der Waals surface area contributed by atoms with E-state index in [1.807, 2.05) is 0 Å². The Morgan fingerprint density at radius 2 is 1.09 bits per heavy atom. The van der Waals surface area contributed by atoms with Crippen molar-refractivity contribution in [2.45, 2.75) is 26.1 Å². The lowest BCUT2D eigenvalue weighted by Gasteiger charge is -2.21. The Morgan fingerprint density at radius 1 is 0.543 bits per heavy atom. The summed E-state index contributed by atoms with van der Waals surface area (Å²) in [5.74, 6) is 0. The summed E-state index contributed by atoms with van der Waals surface area (Å²) in [5, 5.41) is 2.34. The summed E-state index contributed by atoms with van der Waals surface area (Å²) in [7, 11) is 0. The molecule has 1 aromatic heterocycles. The van der Waals surface area contributed by atoms with Gasteiger partial charge in [-0.1, -0.05) is 60.7 Å². The molecule has 244 valence electrons. The van der Waals surface area contributed by atoms with E-state index in [-0.39, 0.29) is 0 Å². The van der Waals surface area contributed by atoms with Crippen LogP contribution < -0.4 is 34.4 Å². The molecule has 0 fully saturated rings. The summed E-state index contributed by atoms with van der Waals surface area (Å²) in [6.45, 7) is 8.70. The van der Waals surface area contributed by atoms with Crippen LogP contribution in [-0.4, -0.2) is 73.3 Å². The van der Waals surface area contributed by atoms with Gasteiger partial charge in [0.2, 0.25) is 0 Å². The highest BCUT2D eigenvalue weighted by atomic mass is 15.1. The Morgan fingerprint density at radius 3 is 1.67 bits per heavy atom. The zero-order valence-corrected chi connectivity index (χ0v) is 27.0. The lowest BCUT2D eigenvalue weighted by molar-refractivity contribution is 0.281. The van der Waals surface area contributed by atoms with Crippen LogP contribution in [0.2, 0.25) is 0 Å². The summed E-state index contributed by atoms with van der Waals surface area (Å²) in [6.07, 6.45) is 0.855. The number of aryl methyl sites for hydroxylation is 1. The zero-order valence-electron chi connectivity index (χ0n) is 27.0. The van der Waals surface area contributed by atoms with E-state index >= 15 is 0 Å². The first-order valence-corrected chi connectivity index (χ1v) is 16.5. The van der Waals surface area contributed by atoms with Crippen molar-refractivity contribution >= 4 is 27.5 Å². The number of hydrogen-bond acceptors (Lipinski definition) is 8. The van der Waals surface area contributed by atoms with Crippen molar-refractivity contribution in [1.29, 1.82) is 0 Å². The van der Waals surface area contributed by atoms with Crippen LogP contribution in [0.4, 0.5) is 5.69 Å². The van der Waals surface area contributed by atoms with E-state index in [0.29, 0.717) is 32.7 Å². The molecule has 5 aromatic rings. The third-order valence-electron chi connectivity index (χ3n) is 8.74. The van der Waals surface area contributed by atoms with Crippen LogP contribution in [0.3, 0.4) is 0 Å². The van der Waals surface area contributed by atoms with Crippen LogP contribution in [0.1, 0.15) is 17.5 Å². The average Bonchev–Trinajstić information content (AvgIpc) is 3.38. The minimum absolute atomic E-state index is 0.603. The van der Waals surface area contributed by atoms with E-state index in [2.05, 4.69) is 93.2 Å². The van der Waals surface area contributed by atoms with E-state index in [1.54, 1.807) is 0 Å². The van der Waals surface area contributed by atoms with Crippen molar-refractivity contribution in [2.24, 2.45) is 28.7 Å². The number of nitrogens with zero attached hydrogens (tertiary/aromatic N) is 3. The third-order valence-corrected chi connectivity index (χ3v) is 8.74.